The van der Waals surface area contributed by atoms with E-state index in [1.54, 1.807) is 0 Å². The van der Waals surface area contributed by atoms with Crippen LogP contribution in [-0.4, -0.2) is 42.4 Å². The van der Waals surface area contributed by atoms with Crippen molar-refractivity contribution in [3.8, 4) is 5.75 Å². The van der Waals surface area contributed by atoms with Crippen LogP contribution >= 0.6 is 11.6 Å². The van der Waals surface area contributed by atoms with Crippen molar-refractivity contribution in [3.63, 3.8) is 0 Å². The highest BCUT2D eigenvalue weighted by Gasteiger charge is 2.32. The number of hydrogen-bond acceptors (Lipinski definition) is 7. The number of carbonyl (C=O) groups excluding carboxylic acids is 1. The molecule has 0 aliphatic carbocycles. The van der Waals surface area contributed by atoms with Crippen molar-refractivity contribution in [2.45, 2.75) is 31.3 Å². The fourth-order valence-corrected chi connectivity index (χ4v) is 4.97. The van der Waals surface area contributed by atoms with Gasteiger partial charge in [0.1, 0.15) is 10.6 Å². The van der Waals surface area contributed by atoms with E-state index < -0.39 is 10.0 Å². The number of nitrogens with zero attached hydrogens (tertiary/aromatic N) is 4. The predicted molar refractivity (Wildman–Crippen MR) is 117 cm³/mol. The van der Waals surface area contributed by atoms with Gasteiger partial charge in [-0.05, 0) is 11.6 Å². The van der Waals surface area contributed by atoms with Gasteiger partial charge in [0.05, 0.1) is 17.3 Å². The lowest BCUT2D eigenvalue weighted by atomic mass is 10.2. The number of hydrogen-bond donors (Lipinski definition) is 0. The van der Waals surface area contributed by atoms with E-state index in [1.165, 1.54) is 28.4 Å². The number of sulfonamides is 1. The molecule has 1 aliphatic rings. The second-order valence-corrected chi connectivity index (χ2v) is 9.64. The minimum absolute atomic E-state index is 0.0191. The number of rotatable bonds is 7. The highest BCUT2D eigenvalue weighted by molar-refractivity contribution is 7.89. The average Bonchev–Trinajstić information content (AvgIpc) is 3.24. The molecular formula is C21H21ClN4O5S. The van der Waals surface area contributed by atoms with Crippen LogP contribution in [0.5, 0.6) is 5.75 Å². The first-order chi connectivity index (χ1) is 15.3. The van der Waals surface area contributed by atoms with Crippen molar-refractivity contribution < 1.29 is 22.5 Å². The summed E-state index contributed by atoms with van der Waals surface area (Å²) >= 11 is 6.39. The van der Waals surface area contributed by atoms with Gasteiger partial charge in [-0.3, -0.25) is 9.69 Å². The van der Waals surface area contributed by atoms with Gasteiger partial charge in [-0.25, -0.2) is 8.42 Å². The first-order valence-corrected chi connectivity index (χ1v) is 11.7. The zero-order chi connectivity index (χ0) is 22.9. The van der Waals surface area contributed by atoms with Crippen molar-refractivity contribution in [2.75, 3.05) is 18.6 Å². The Morgan fingerprint density at radius 2 is 1.97 bits per heavy atom. The Bertz CT molecular complexity index is 1250. The van der Waals surface area contributed by atoms with Crippen LogP contribution in [0.15, 0.2) is 51.9 Å². The van der Waals surface area contributed by atoms with Crippen LogP contribution in [0.4, 0.5) is 5.69 Å². The van der Waals surface area contributed by atoms with Crippen molar-refractivity contribution in [3.05, 3.63) is 64.8 Å². The maximum Gasteiger partial charge on any atom is 0.265 e. The third kappa shape index (κ3) is 4.34. The molecule has 0 fully saturated rings. The maximum atomic E-state index is 13.2. The molecule has 2 heterocycles. The number of halogens is 1. The van der Waals surface area contributed by atoms with Crippen molar-refractivity contribution in [1.82, 2.24) is 14.4 Å². The number of aromatic nitrogens is 2. The summed E-state index contributed by atoms with van der Waals surface area (Å²) in [6.45, 7) is 1.87. The molecule has 3 aromatic rings. The third-order valence-corrected chi connectivity index (χ3v) is 7.27. The number of amides is 1. The zero-order valence-electron chi connectivity index (χ0n) is 17.5. The smallest absolute Gasteiger partial charge is 0.265 e. The number of carbonyl (C=O) groups is 1. The Morgan fingerprint density at radius 3 is 2.66 bits per heavy atom. The van der Waals surface area contributed by atoms with E-state index in [2.05, 4.69) is 10.1 Å². The summed E-state index contributed by atoms with van der Waals surface area (Å²) in [6.07, 6.45) is 0.574. The number of aryl methyl sites for hydroxylation is 1. The molecule has 168 valence electrons. The van der Waals surface area contributed by atoms with Gasteiger partial charge < -0.3 is 9.26 Å². The molecule has 32 heavy (non-hydrogen) atoms. The fraction of sp³-hybridized carbons (Fsp3) is 0.286. The van der Waals surface area contributed by atoms with E-state index in [1.807, 2.05) is 37.3 Å². The topological polar surface area (TPSA) is 106 Å². The van der Waals surface area contributed by atoms with Gasteiger partial charge in [0.2, 0.25) is 15.9 Å². The molecule has 0 bridgehead atoms. The number of benzene rings is 2. The van der Waals surface area contributed by atoms with Gasteiger partial charge in [-0.15, -0.1) is 0 Å². The molecule has 0 saturated heterocycles. The van der Waals surface area contributed by atoms with Crippen LogP contribution < -0.4 is 9.64 Å². The van der Waals surface area contributed by atoms with Crippen LogP contribution in [0.2, 0.25) is 5.02 Å². The lowest BCUT2D eigenvalue weighted by molar-refractivity contribution is -0.121. The molecule has 0 spiro atoms. The molecule has 1 aliphatic heterocycles. The molecular weight excluding hydrogens is 456 g/mol. The lowest BCUT2D eigenvalue weighted by Gasteiger charge is -2.29. The van der Waals surface area contributed by atoms with Gasteiger partial charge in [0.25, 0.3) is 5.91 Å². The minimum Gasteiger partial charge on any atom is -0.482 e. The molecule has 0 saturated carbocycles. The first-order valence-electron chi connectivity index (χ1n) is 9.88. The van der Waals surface area contributed by atoms with Gasteiger partial charge in [-0.2, -0.15) is 9.29 Å². The largest absolute Gasteiger partial charge is 0.482 e. The molecule has 4 rings (SSSR count). The molecule has 11 heteroatoms. The Hall–Kier alpha value is -2.95. The molecule has 0 atom stereocenters. The van der Waals surface area contributed by atoms with Crippen molar-refractivity contribution in [1.29, 1.82) is 0 Å². The quantitative estimate of drug-likeness (QED) is 0.516. The van der Waals surface area contributed by atoms with Gasteiger partial charge in [0.15, 0.2) is 12.4 Å². The molecule has 1 aromatic heterocycles. The Labute approximate surface area is 190 Å². The Kier molecular flexibility index (Phi) is 6.18. The normalized spacial score (nSPS) is 13.9. The summed E-state index contributed by atoms with van der Waals surface area (Å²) in [6, 6.07) is 12.0. The third-order valence-electron chi connectivity index (χ3n) is 5.00. The van der Waals surface area contributed by atoms with Crippen molar-refractivity contribution in [2.24, 2.45) is 0 Å². The number of ether oxygens (including phenoxy) is 1. The average molecular weight is 477 g/mol. The van der Waals surface area contributed by atoms with Crippen LogP contribution in [0, 0.1) is 0 Å². The van der Waals surface area contributed by atoms with E-state index in [0.717, 1.165) is 5.56 Å². The fourth-order valence-electron chi connectivity index (χ4n) is 3.31. The Morgan fingerprint density at radius 1 is 1.22 bits per heavy atom. The van der Waals surface area contributed by atoms with E-state index >= 15 is 0 Å². The predicted octanol–water partition coefficient (Wildman–Crippen LogP) is 3.03. The second kappa shape index (κ2) is 8.89. The highest BCUT2D eigenvalue weighted by Crippen LogP contribution is 2.40. The van der Waals surface area contributed by atoms with E-state index in [9.17, 15) is 13.2 Å². The van der Waals surface area contributed by atoms with E-state index in [0.29, 0.717) is 23.8 Å². The first kappa shape index (κ1) is 22.3. The summed E-state index contributed by atoms with van der Waals surface area (Å²) in [5.74, 6) is 0.702. The molecule has 0 unspecified atom stereocenters. The zero-order valence-corrected chi connectivity index (χ0v) is 19.1. The summed E-state index contributed by atoms with van der Waals surface area (Å²) in [7, 11) is -2.43. The summed E-state index contributed by atoms with van der Waals surface area (Å²) in [4.78, 5) is 18.0. The summed E-state index contributed by atoms with van der Waals surface area (Å²) in [5, 5.41) is 3.86. The maximum absolute atomic E-state index is 13.2. The molecule has 1 amide bonds. The summed E-state index contributed by atoms with van der Waals surface area (Å²) in [5.41, 5.74) is 1.19. The molecule has 9 nitrogen and oxygen atoms in total. The lowest BCUT2D eigenvalue weighted by Crippen LogP contribution is -2.38. The van der Waals surface area contributed by atoms with Crippen molar-refractivity contribution >= 4 is 33.2 Å². The second-order valence-electron chi connectivity index (χ2n) is 7.22. The standard InChI is InChI=1S/C21H21ClN4O5S/c1-3-20-23-19(24-31-20)12-26-16-9-15(22)18(10-17(16)30-13-21(26)27)32(28,29)25(2)11-14-7-5-4-6-8-14/h4-10H,3,11-13H2,1-2H3. The SMILES string of the molecule is CCc1nc(CN2C(=O)COc3cc(S(=O)(=O)N(C)Cc4ccccc4)c(Cl)cc32)no1. The summed E-state index contributed by atoms with van der Waals surface area (Å²) < 4.78 is 38.2. The minimum atomic E-state index is -3.91. The number of fused-ring (bicyclic) bond motifs is 1. The van der Waals surface area contributed by atoms with Crippen LogP contribution in [-0.2, 0) is 34.3 Å². The van der Waals surface area contributed by atoms with E-state index in [4.69, 9.17) is 20.9 Å². The van der Waals surface area contributed by atoms with Crippen LogP contribution in [0.1, 0.15) is 24.2 Å². The van der Waals surface area contributed by atoms with Gasteiger partial charge in [-0.1, -0.05) is 54.0 Å². The molecule has 0 radical (unpaired) electrons. The van der Waals surface area contributed by atoms with E-state index in [-0.39, 0.29) is 41.3 Å². The van der Waals surface area contributed by atoms with Gasteiger partial charge >= 0.3 is 0 Å². The Balaban J connectivity index is 1.64. The monoisotopic (exact) mass is 476 g/mol. The van der Waals surface area contributed by atoms with Gasteiger partial charge in [0, 0.05) is 26.1 Å². The molecule has 0 N–H and O–H groups in total. The van der Waals surface area contributed by atoms with Crippen LogP contribution in [0.25, 0.3) is 0 Å². The molecule has 2 aromatic carbocycles. The highest BCUT2D eigenvalue weighted by atomic mass is 35.5. The number of anilines is 1. The van der Waals surface area contributed by atoms with Crippen LogP contribution in [0.3, 0.4) is 0 Å².